The van der Waals surface area contributed by atoms with E-state index < -0.39 is 11.8 Å². The van der Waals surface area contributed by atoms with Crippen LogP contribution in [0.2, 0.25) is 0 Å². The Kier molecular flexibility index (Phi) is 3.69. The van der Waals surface area contributed by atoms with Crippen molar-refractivity contribution in [2.75, 3.05) is 0 Å². The van der Waals surface area contributed by atoms with Gasteiger partial charge in [-0.2, -0.15) is 0 Å². The largest absolute Gasteiger partial charge is 0.364 e. The molecule has 7 heteroatoms. The molecule has 0 radical (unpaired) electrons. The molecule has 0 aliphatic heterocycles. The molecule has 1 aromatic carbocycles. The van der Waals surface area contributed by atoms with Gasteiger partial charge in [-0.15, -0.1) is 0 Å². The van der Waals surface area contributed by atoms with Crippen LogP contribution in [0.3, 0.4) is 0 Å². The number of pyridine rings is 1. The first-order valence-electron chi connectivity index (χ1n) is 8.04. The third-order valence-corrected chi connectivity index (χ3v) is 4.63. The van der Waals surface area contributed by atoms with E-state index >= 15 is 0 Å². The topological polar surface area (TPSA) is 125 Å². The van der Waals surface area contributed by atoms with Crippen LogP contribution in [0.1, 0.15) is 43.6 Å². The molecule has 0 saturated heterocycles. The fourth-order valence-corrected chi connectivity index (χ4v) is 3.43. The van der Waals surface area contributed by atoms with Gasteiger partial charge in [0, 0.05) is 23.9 Å². The highest BCUT2D eigenvalue weighted by Crippen LogP contribution is 2.46. The number of aromatic nitrogens is 3. The van der Waals surface area contributed by atoms with Gasteiger partial charge in [-0.3, -0.25) is 9.59 Å². The van der Waals surface area contributed by atoms with E-state index in [1.165, 1.54) is 18.0 Å². The van der Waals surface area contributed by atoms with Crippen molar-refractivity contribution in [2.24, 2.45) is 11.5 Å². The quantitative estimate of drug-likeness (QED) is 0.740. The SMILES string of the molecule is NC(=O)c1ccc(C2Cc3cccc(-c4cncnc4)c32)c(C(N)=O)n1. The van der Waals surface area contributed by atoms with Crippen molar-refractivity contribution < 1.29 is 9.59 Å². The Labute approximate surface area is 149 Å². The second-order valence-corrected chi connectivity index (χ2v) is 6.13. The lowest BCUT2D eigenvalue weighted by Crippen LogP contribution is -2.26. The molecule has 2 amide bonds. The molecule has 2 heterocycles. The van der Waals surface area contributed by atoms with Gasteiger partial charge in [-0.1, -0.05) is 24.3 Å². The van der Waals surface area contributed by atoms with E-state index in [2.05, 4.69) is 15.0 Å². The predicted molar refractivity (Wildman–Crippen MR) is 94.3 cm³/mol. The number of rotatable bonds is 4. The molecule has 26 heavy (non-hydrogen) atoms. The molecular weight excluding hydrogens is 330 g/mol. The molecule has 1 atom stereocenters. The van der Waals surface area contributed by atoms with Crippen LogP contribution in [-0.4, -0.2) is 26.8 Å². The van der Waals surface area contributed by atoms with Crippen molar-refractivity contribution in [1.29, 1.82) is 0 Å². The Morgan fingerprint density at radius 1 is 1.00 bits per heavy atom. The molecule has 0 fully saturated rings. The lowest BCUT2D eigenvalue weighted by atomic mass is 9.70. The number of amides is 2. The first kappa shape index (κ1) is 15.9. The van der Waals surface area contributed by atoms with Crippen molar-refractivity contribution in [3.05, 3.63) is 77.1 Å². The summed E-state index contributed by atoms with van der Waals surface area (Å²) in [6.07, 6.45) is 5.74. The maximum atomic E-state index is 11.9. The zero-order chi connectivity index (χ0) is 18.3. The molecule has 0 saturated carbocycles. The smallest absolute Gasteiger partial charge is 0.267 e. The van der Waals surface area contributed by atoms with Crippen LogP contribution in [0.15, 0.2) is 49.1 Å². The van der Waals surface area contributed by atoms with E-state index in [4.69, 9.17) is 11.5 Å². The highest BCUT2D eigenvalue weighted by Gasteiger charge is 2.33. The van der Waals surface area contributed by atoms with Gasteiger partial charge in [-0.25, -0.2) is 15.0 Å². The second-order valence-electron chi connectivity index (χ2n) is 6.13. The van der Waals surface area contributed by atoms with Crippen LogP contribution in [-0.2, 0) is 6.42 Å². The summed E-state index contributed by atoms with van der Waals surface area (Å²) in [6.45, 7) is 0. The Morgan fingerprint density at radius 3 is 2.46 bits per heavy atom. The number of nitrogens with two attached hydrogens (primary N) is 2. The van der Waals surface area contributed by atoms with Crippen molar-refractivity contribution in [1.82, 2.24) is 15.0 Å². The van der Waals surface area contributed by atoms with Gasteiger partial charge in [0.05, 0.1) is 0 Å². The maximum absolute atomic E-state index is 11.9. The monoisotopic (exact) mass is 345 g/mol. The van der Waals surface area contributed by atoms with Gasteiger partial charge in [0.25, 0.3) is 11.8 Å². The molecule has 4 rings (SSSR count). The summed E-state index contributed by atoms with van der Waals surface area (Å²) in [7, 11) is 0. The highest BCUT2D eigenvalue weighted by molar-refractivity contribution is 5.96. The fraction of sp³-hybridized carbons (Fsp3) is 0.105. The van der Waals surface area contributed by atoms with E-state index in [1.807, 2.05) is 18.2 Å². The van der Waals surface area contributed by atoms with Crippen LogP contribution in [0.25, 0.3) is 11.1 Å². The molecule has 0 bridgehead atoms. The molecule has 128 valence electrons. The first-order chi connectivity index (χ1) is 12.6. The lowest BCUT2D eigenvalue weighted by Gasteiger charge is -2.33. The van der Waals surface area contributed by atoms with Crippen LogP contribution in [0.5, 0.6) is 0 Å². The Bertz CT molecular complexity index is 1030. The lowest BCUT2D eigenvalue weighted by molar-refractivity contribution is 0.0991. The zero-order valence-corrected chi connectivity index (χ0v) is 13.7. The summed E-state index contributed by atoms with van der Waals surface area (Å²) < 4.78 is 0. The van der Waals surface area contributed by atoms with Gasteiger partial charge in [-0.05, 0) is 34.7 Å². The fourth-order valence-electron chi connectivity index (χ4n) is 3.43. The number of primary amides is 2. The molecule has 7 nitrogen and oxygen atoms in total. The van der Waals surface area contributed by atoms with Gasteiger partial charge in [0.2, 0.25) is 0 Å². The van der Waals surface area contributed by atoms with E-state index in [-0.39, 0.29) is 17.3 Å². The minimum atomic E-state index is -0.699. The van der Waals surface area contributed by atoms with Crippen LogP contribution >= 0.6 is 0 Å². The average molecular weight is 345 g/mol. The van der Waals surface area contributed by atoms with Gasteiger partial charge in [0.15, 0.2) is 0 Å². The van der Waals surface area contributed by atoms with Crippen LogP contribution in [0, 0.1) is 0 Å². The summed E-state index contributed by atoms with van der Waals surface area (Å²) in [5.74, 6) is -1.43. The number of nitrogens with zero attached hydrogens (tertiary/aromatic N) is 3. The standard InChI is InChI=1S/C19H15N5O2/c20-18(25)15-5-4-13(17(24-15)19(21)26)14-6-10-2-1-3-12(16(10)14)11-7-22-9-23-8-11/h1-5,7-9,14H,6H2,(H2,20,25)(H2,21,26). The molecule has 2 aromatic heterocycles. The number of hydrogen-bond donors (Lipinski definition) is 2. The minimum Gasteiger partial charge on any atom is -0.364 e. The molecule has 1 unspecified atom stereocenters. The predicted octanol–water partition coefficient (Wildman–Crippen LogP) is 1.42. The van der Waals surface area contributed by atoms with Crippen molar-refractivity contribution >= 4 is 11.8 Å². The van der Waals surface area contributed by atoms with Gasteiger partial charge in [0.1, 0.15) is 17.7 Å². The van der Waals surface area contributed by atoms with E-state index in [1.54, 1.807) is 18.5 Å². The van der Waals surface area contributed by atoms with Gasteiger partial charge >= 0.3 is 0 Å². The Balaban J connectivity index is 1.84. The van der Waals surface area contributed by atoms with Gasteiger partial charge < -0.3 is 11.5 Å². The summed E-state index contributed by atoms with van der Waals surface area (Å²) >= 11 is 0. The Hall–Kier alpha value is -3.61. The molecule has 1 aliphatic rings. The third-order valence-electron chi connectivity index (χ3n) is 4.63. The first-order valence-corrected chi connectivity index (χ1v) is 8.04. The number of hydrogen-bond acceptors (Lipinski definition) is 5. The molecule has 4 N–H and O–H groups in total. The summed E-state index contributed by atoms with van der Waals surface area (Å²) in [5.41, 5.74) is 15.7. The average Bonchev–Trinajstić information content (AvgIpc) is 2.63. The number of benzene rings is 1. The van der Waals surface area contributed by atoms with E-state index in [0.29, 0.717) is 5.56 Å². The van der Waals surface area contributed by atoms with Crippen LogP contribution in [0.4, 0.5) is 0 Å². The number of fused-ring (bicyclic) bond motifs is 1. The normalized spacial score (nSPS) is 15.0. The zero-order valence-electron chi connectivity index (χ0n) is 13.7. The Morgan fingerprint density at radius 2 is 1.77 bits per heavy atom. The van der Waals surface area contributed by atoms with Crippen molar-refractivity contribution in [3.63, 3.8) is 0 Å². The highest BCUT2D eigenvalue weighted by atomic mass is 16.1. The summed E-state index contributed by atoms with van der Waals surface area (Å²) in [5, 5.41) is 0. The summed E-state index contributed by atoms with van der Waals surface area (Å²) in [4.78, 5) is 35.5. The molecule has 0 spiro atoms. The minimum absolute atomic E-state index is 0.0202. The van der Waals surface area contributed by atoms with E-state index in [9.17, 15) is 9.59 Å². The molecule has 3 aromatic rings. The number of carbonyl (C=O) groups is 2. The maximum Gasteiger partial charge on any atom is 0.267 e. The van der Waals surface area contributed by atoms with Crippen molar-refractivity contribution in [2.45, 2.75) is 12.3 Å². The van der Waals surface area contributed by atoms with E-state index in [0.717, 1.165) is 23.1 Å². The summed E-state index contributed by atoms with van der Waals surface area (Å²) in [6, 6.07) is 9.27. The molecule has 1 aliphatic carbocycles. The number of carbonyl (C=O) groups excluding carboxylic acids is 2. The molecular formula is C19H15N5O2. The second kappa shape index (κ2) is 6.03. The van der Waals surface area contributed by atoms with Crippen molar-refractivity contribution in [3.8, 4) is 11.1 Å². The van der Waals surface area contributed by atoms with Crippen LogP contribution < -0.4 is 11.5 Å². The third kappa shape index (κ3) is 2.50.